The van der Waals surface area contributed by atoms with Crippen molar-refractivity contribution in [3.63, 3.8) is 0 Å². The second-order valence-electron chi connectivity index (χ2n) is 6.25. The van der Waals surface area contributed by atoms with Gasteiger partial charge in [-0.3, -0.25) is 4.98 Å². The molecule has 0 saturated heterocycles. The maximum absolute atomic E-state index is 11.7. The molecule has 1 aromatic carbocycles. The zero-order valence-electron chi connectivity index (χ0n) is 14.5. The molecule has 1 atom stereocenters. The third-order valence-corrected chi connectivity index (χ3v) is 4.52. The Bertz CT molecular complexity index is 923. The number of methoxy groups -OCH3 is 1. The van der Waals surface area contributed by atoms with Crippen molar-refractivity contribution in [3.05, 3.63) is 59.7 Å². The van der Waals surface area contributed by atoms with E-state index in [4.69, 9.17) is 9.47 Å². The average Bonchev–Trinajstić information content (AvgIpc) is 3.06. The van der Waals surface area contributed by atoms with Crippen LogP contribution in [-0.2, 0) is 22.6 Å². The summed E-state index contributed by atoms with van der Waals surface area (Å²) in [5, 5.41) is 3.46. The van der Waals surface area contributed by atoms with Gasteiger partial charge in [-0.15, -0.1) is 0 Å². The Balaban J connectivity index is 1.55. The molecule has 26 heavy (non-hydrogen) atoms. The van der Waals surface area contributed by atoms with Gasteiger partial charge in [0.25, 0.3) is 0 Å². The number of carbonyl (C=O) groups is 1. The van der Waals surface area contributed by atoms with E-state index in [1.165, 1.54) is 7.11 Å². The minimum atomic E-state index is -0.358. The third kappa shape index (κ3) is 3.18. The van der Waals surface area contributed by atoms with Gasteiger partial charge in [0.2, 0.25) is 0 Å². The van der Waals surface area contributed by atoms with E-state index in [0.717, 1.165) is 35.5 Å². The normalized spacial score (nSPS) is 16.4. The number of nitrogens with one attached hydrogen (secondary N) is 1. The Labute approximate surface area is 151 Å². The van der Waals surface area contributed by atoms with Crippen molar-refractivity contribution >= 4 is 17.0 Å². The molecular weight excluding hydrogens is 332 g/mol. The monoisotopic (exact) mass is 352 g/mol. The second kappa shape index (κ2) is 7.23. The van der Waals surface area contributed by atoms with Crippen LogP contribution in [0, 0.1) is 0 Å². The molecular formula is C19H20N4O3. The number of pyridine rings is 1. The summed E-state index contributed by atoms with van der Waals surface area (Å²) in [6.45, 7) is 2.60. The Morgan fingerprint density at radius 2 is 2.35 bits per heavy atom. The largest absolute Gasteiger partial charge is 0.465 e. The van der Waals surface area contributed by atoms with Crippen LogP contribution in [0.1, 0.15) is 27.8 Å². The molecule has 3 aromatic rings. The number of imidazole rings is 1. The lowest BCUT2D eigenvalue weighted by molar-refractivity contribution is 0.0564. The van der Waals surface area contributed by atoms with Crippen LogP contribution in [0.25, 0.3) is 11.0 Å². The Kier molecular flexibility index (Phi) is 4.64. The number of aromatic nitrogens is 3. The van der Waals surface area contributed by atoms with Crippen molar-refractivity contribution in [2.45, 2.75) is 19.2 Å². The van der Waals surface area contributed by atoms with Crippen LogP contribution in [0.5, 0.6) is 0 Å². The number of esters is 1. The topological polar surface area (TPSA) is 78.3 Å². The first-order valence-electron chi connectivity index (χ1n) is 8.53. The Morgan fingerprint density at radius 3 is 3.15 bits per heavy atom. The summed E-state index contributed by atoms with van der Waals surface area (Å²) in [4.78, 5) is 20.5. The number of hydrogen-bond acceptors (Lipinski definition) is 6. The van der Waals surface area contributed by atoms with Gasteiger partial charge in [0, 0.05) is 25.5 Å². The van der Waals surface area contributed by atoms with Crippen LogP contribution in [0.2, 0.25) is 0 Å². The number of rotatable bonds is 5. The number of benzene rings is 1. The number of carbonyl (C=O) groups excluding carboxylic acids is 1. The first-order chi connectivity index (χ1) is 12.8. The van der Waals surface area contributed by atoms with Crippen molar-refractivity contribution in [2.24, 2.45) is 0 Å². The number of fused-ring (bicyclic) bond motifs is 3. The standard InChI is InChI=1S/C19H20N4O3/c1-25-19(24)14-4-5-17-16(7-14)22-18-12-26-11-15(23(17)18)10-21-9-13-3-2-6-20-8-13/h2-8,15,21H,9-12H2,1H3/t15-/m0/s1. The van der Waals surface area contributed by atoms with Gasteiger partial charge >= 0.3 is 5.97 Å². The lowest BCUT2D eigenvalue weighted by Gasteiger charge is -2.26. The van der Waals surface area contributed by atoms with Gasteiger partial charge in [-0.1, -0.05) is 6.07 Å². The average molecular weight is 352 g/mol. The summed E-state index contributed by atoms with van der Waals surface area (Å²) in [5.74, 6) is 0.519. The molecule has 7 nitrogen and oxygen atoms in total. The molecule has 0 aliphatic carbocycles. The molecule has 2 aromatic heterocycles. The summed E-state index contributed by atoms with van der Waals surface area (Å²) in [7, 11) is 1.38. The van der Waals surface area contributed by atoms with Crippen LogP contribution < -0.4 is 5.32 Å². The van der Waals surface area contributed by atoms with Gasteiger partial charge < -0.3 is 19.4 Å². The highest BCUT2D eigenvalue weighted by molar-refractivity contribution is 5.93. The molecule has 3 heterocycles. The lowest BCUT2D eigenvalue weighted by atomic mass is 10.2. The number of nitrogens with zero attached hydrogens (tertiary/aromatic N) is 3. The van der Waals surface area contributed by atoms with Crippen LogP contribution in [0.15, 0.2) is 42.7 Å². The molecule has 4 rings (SSSR count). The molecule has 0 amide bonds. The minimum absolute atomic E-state index is 0.143. The van der Waals surface area contributed by atoms with E-state index in [-0.39, 0.29) is 12.0 Å². The van der Waals surface area contributed by atoms with Crippen molar-refractivity contribution < 1.29 is 14.3 Å². The van der Waals surface area contributed by atoms with E-state index in [1.54, 1.807) is 18.3 Å². The molecule has 7 heteroatoms. The van der Waals surface area contributed by atoms with Crippen LogP contribution in [0.3, 0.4) is 0 Å². The first-order valence-corrected chi connectivity index (χ1v) is 8.53. The molecule has 134 valence electrons. The van der Waals surface area contributed by atoms with Crippen LogP contribution in [0.4, 0.5) is 0 Å². The molecule has 1 aliphatic rings. The van der Waals surface area contributed by atoms with Crippen molar-refractivity contribution in [2.75, 3.05) is 20.3 Å². The Morgan fingerprint density at radius 1 is 1.42 bits per heavy atom. The second-order valence-corrected chi connectivity index (χ2v) is 6.25. The molecule has 0 unspecified atom stereocenters. The van der Waals surface area contributed by atoms with E-state index < -0.39 is 0 Å². The summed E-state index contributed by atoms with van der Waals surface area (Å²) in [5.41, 5.74) is 3.43. The van der Waals surface area contributed by atoms with Gasteiger partial charge in [0.05, 0.1) is 36.4 Å². The van der Waals surface area contributed by atoms with Crippen molar-refractivity contribution in [1.82, 2.24) is 19.9 Å². The smallest absolute Gasteiger partial charge is 0.337 e. The van der Waals surface area contributed by atoms with E-state index in [1.807, 2.05) is 24.4 Å². The van der Waals surface area contributed by atoms with Gasteiger partial charge in [0.1, 0.15) is 12.4 Å². The van der Waals surface area contributed by atoms with Crippen LogP contribution >= 0.6 is 0 Å². The quantitative estimate of drug-likeness (QED) is 0.709. The fraction of sp³-hybridized carbons (Fsp3) is 0.316. The predicted molar refractivity (Wildman–Crippen MR) is 95.7 cm³/mol. The summed E-state index contributed by atoms with van der Waals surface area (Å²) in [6.07, 6.45) is 3.63. The molecule has 0 saturated carbocycles. The molecule has 0 bridgehead atoms. The van der Waals surface area contributed by atoms with Gasteiger partial charge in [-0.25, -0.2) is 9.78 Å². The molecule has 0 fully saturated rings. The Hall–Kier alpha value is -2.77. The minimum Gasteiger partial charge on any atom is -0.465 e. The van der Waals surface area contributed by atoms with E-state index in [2.05, 4.69) is 19.9 Å². The van der Waals surface area contributed by atoms with Gasteiger partial charge in [-0.05, 0) is 29.8 Å². The highest BCUT2D eigenvalue weighted by Gasteiger charge is 2.24. The predicted octanol–water partition coefficient (Wildman–Crippen LogP) is 2.08. The number of hydrogen-bond donors (Lipinski definition) is 1. The fourth-order valence-corrected chi connectivity index (χ4v) is 3.30. The summed E-state index contributed by atoms with van der Waals surface area (Å²) < 4.78 is 12.7. The first kappa shape index (κ1) is 16.7. The van der Waals surface area contributed by atoms with Crippen molar-refractivity contribution in [1.29, 1.82) is 0 Å². The molecule has 0 spiro atoms. The SMILES string of the molecule is COC(=O)c1ccc2c(c1)nc1n2[C@@H](CNCc2cccnc2)COC1. The summed E-state index contributed by atoms with van der Waals surface area (Å²) >= 11 is 0. The maximum Gasteiger partial charge on any atom is 0.337 e. The highest BCUT2D eigenvalue weighted by Crippen LogP contribution is 2.26. The highest BCUT2D eigenvalue weighted by atomic mass is 16.5. The zero-order chi connectivity index (χ0) is 17.9. The zero-order valence-corrected chi connectivity index (χ0v) is 14.5. The third-order valence-electron chi connectivity index (χ3n) is 4.52. The van der Waals surface area contributed by atoms with Gasteiger partial charge in [-0.2, -0.15) is 0 Å². The lowest BCUT2D eigenvalue weighted by Crippen LogP contribution is -2.32. The van der Waals surface area contributed by atoms with E-state index >= 15 is 0 Å². The maximum atomic E-state index is 11.7. The van der Waals surface area contributed by atoms with E-state index in [0.29, 0.717) is 18.8 Å². The summed E-state index contributed by atoms with van der Waals surface area (Å²) in [6, 6.07) is 9.60. The van der Waals surface area contributed by atoms with Gasteiger partial charge in [0.15, 0.2) is 0 Å². The fourth-order valence-electron chi connectivity index (χ4n) is 3.30. The number of ether oxygens (including phenoxy) is 2. The molecule has 1 N–H and O–H groups in total. The van der Waals surface area contributed by atoms with E-state index in [9.17, 15) is 4.79 Å². The van der Waals surface area contributed by atoms with Crippen molar-refractivity contribution in [3.8, 4) is 0 Å². The molecule has 1 aliphatic heterocycles. The molecule has 0 radical (unpaired) electrons. The van der Waals surface area contributed by atoms with Crippen LogP contribution in [-0.4, -0.2) is 40.8 Å².